The van der Waals surface area contributed by atoms with Crippen molar-refractivity contribution < 1.29 is 19.0 Å². The first-order valence-electron chi connectivity index (χ1n) is 12.3. The van der Waals surface area contributed by atoms with Crippen molar-refractivity contribution in [1.29, 1.82) is 0 Å². The van der Waals surface area contributed by atoms with Gasteiger partial charge >= 0.3 is 5.97 Å². The quantitative estimate of drug-likeness (QED) is 0.218. The number of hydrogen-bond donors (Lipinski definition) is 3. The number of carbonyl (C=O) groups excluding carboxylic acids is 1. The number of carbonyl (C=O) groups is 1. The van der Waals surface area contributed by atoms with E-state index in [4.69, 9.17) is 32.2 Å². The first-order valence-corrected chi connectivity index (χ1v) is 12.7. The second-order valence-corrected chi connectivity index (χ2v) is 10.2. The second-order valence-electron chi connectivity index (χ2n) is 9.79. The van der Waals surface area contributed by atoms with Crippen LogP contribution in [0.15, 0.2) is 30.3 Å². The van der Waals surface area contributed by atoms with Crippen molar-refractivity contribution in [3.63, 3.8) is 0 Å². The second kappa shape index (κ2) is 14.0. The van der Waals surface area contributed by atoms with Gasteiger partial charge in [-0.05, 0) is 99.6 Å². The molecule has 0 bridgehead atoms. The fourth-order valence-corrected chi connectivity index (χ4v) is 3.72. The van der Waals surface area contributed by atoms with Crippen molar-refractivity contribution in [3.05, 3.63) is 58.1 Å². The summed E-state index contributed by atoms with van der Waals surface area (Å²) in [5.74, 6) is 1.16. The molecule has 0 atom stereocenters. The van der Waals surface area contributed by atoms with E-state index < -0.39 is 5.41 Å². The van der Waals surface area contributed by atoms with Gasteiger partial charge in [0.05, 0.1) is 19.1 Å². The fraction of sp³-hybridized carbons (Fsp3) is 0.500. The van der Waals surface area contributed by atoms with E-state index in [2.05, 4.69) is 36.6 Å². The minimum atomic E-state index is -0.482. The lowest BCUT2D eigenvalue weighted by Gasteiger charge is -2.19. The maximum atomic E-state index is 12.0. The Hall–Kier alpha value is -2.84. The van der Waals surface area contributed by atoms with Gasteiger partial charge in [0.2, 0.25) is 0 Å². The zero-order chi connectivity index (χ0) is 26.7. The van der Waals surface area contributed by atoms with Gasteiger partial charge in [0.1, 0.15) is 6.61 Å². The fourth-order valence-electron chi connectivity index (χ4n) is 3.58. The molecule has 0 radical (unpaired) electrons. The van der Waals surface area contributed by atoms with Gasteiger partial charge in [-0.2, -0.15) is 0 Å². The van der Waals surface area contributed by atoms with E-state index in [-0.39, 0.29) is 5.97 Å². The van der Waals surface area contributed by atoms with Gasteiger partial charge in [-0.15, -0.1) is 0 Å². The van der Waals surface area contributed by atoms with Gasteiger partial charge in [0.15, 0.2) is 16.6 Å². The third-order valence-electron chi connectivity index (χ3n) is 5.88. The third-order valence-corrected chi connectivity index (χ3v) is 6.17. The van der Waals surface area contributed by atoms with Crippen LogP contribution in [0.3, 0.4) is 0 Å². The van der Waals surface area contributed by atoms with Crippen molar-refractivity contribution in [2.75, 3.05) is 26.9 Å². The summed E-state index contributed by atoms with van der Waals surface area (Å²) in [5.41, 5.74) is 11.0. The molecule has 2 aromatic carbocycles. The molecule has 7 nitrogen and oxygen atoms in total. The molecule has 0 aromatic heterocycles. The Morgan fingerprint density at radius 2 is 1.75 bits per heavy atom. The van der Waals surface area contributed by atoms with Gasteiger partial charge in [-0.1, -0.05) is 18.2 Å². The summed E-state index contributed by atoms with van der Waals surface area (Å²) >= 11 is 5.54. The van der Waals surface area contributed by atoms with E-state index in [1.807, 2.05) is 39.0 Å². The number of esters is 1. The highest BCUT2D eigenvalue weighted by Crippen LogP contribution is 2.28. The SMILES string of the molecule is COc1cc(CNC(=S)NCc2c(CCCOC(=O)C(C)(C)C)ccc(C)c2C)ccc1OCCN. The lowest BCUT2D eigenvalue weighted by Crippen LogP contribution is -2.34. The molecule has 0 unspecified atom stereocenters. The van der Waals surface area contributed by atoms with E-state index in [0.29, 0.717) is 49.5 Å². The molecular formula is C28H41N3O4S. The molecule has 0 spiro atoms. The average Bonchev–Trinajstić information content (AvgIpc) is 2.84. The average molecular weight is 516 g/mol. The Labute approximate surface area is 221 Å². The maximum Gasteiger partial charge on any atom is 0.311 e. The van der Waals surface area contributed by atoms with Crippen LogP contribution in [0.25, 0.3) is 0 Å². The molecular weight excluding hydrogens is 474 g/mol. The molecule has 0 aliphatic heterocycles. The minimum Gasteiger partial charge on any atom is -0.493 e. The highest BCUT2D eigenvalue weighted by Gasteiger charge is 2.22. The largest absolute Gasteiger partial charge is 0.493 e. The summed E-state index contributed by atoms with van der Waals surface area (Å²) in [4.78, 5) is 12.0. The normalized spacial score (nSPS) is 11.1. The van der Waals surface area contributed by atoms with Crippen LogP contribution in [0.4, 0.5) is 0 Å². The van der Waals surface area contributed by atoms with Gasteiger partial charge < -0.3 is 30.6 Å². The van der Waals surface area contributed by atoms with E-state index >= 15 is 0 Å². The van der Waals surface area contributed by atoms with Gasteiger partial charge in [-0.3, -0.25) is 4.79 Å². The number of nitrogens with two attached hydrogens (primary N) is 1. The van der Waals surface area contributed by atoms with Crippen molar-refractivity contribution in [2.24, 2.45) is 11.1 Å². The van der Waals surface area contributed by atoms with Crippen LogP contribution < -0.4 is 25.8 Å². The van der Waals surface area contributed by atoms with Crippen molar-refractivity contribution in [1.82, 2.24) is 10.6 Å². The zero-order valence-corrected chi connectivity index (χ0v) is 23.3. The number of rotatable bonds is 12. The third kappa shape index (κ3) is 8.99. The van der Waals surface area contributed by atoms with Crippen LogP contribution in [-0.4, -0.2) is 38.0 Å². The molecule has 0 heterocycles. The summed E-state index contributed by atoms with van der Waals surface area (Å²) in [5, 5.41) is 7.17. The summed E-state index contributed by atoms with van der Waals surface area (Å²) < 4.78 is 16.5. The van der Waals surface area contributed by atoms with Crippen LogP contribution in [-0.2, 0) is 29.0 Å². The lowest BCUT2D eigenvalue weighted by atomic mass is 9.95. The lowest BCUT2D eigenvalue weighted by molar-refractivity contribution is -0.153. The van der Waals surface area contributed by atoms with Gasteiger partial charge in [0, 0.05) is 19.6 Å². The van der Waals surface area contributed by atoms with Crippen LogP contribution in [0.1, 0.15) is 55.0 Å². The van der Waals surface area contributed by atoms with Crippen LogP contribution in [0, 0.1) is 19.3 Å². The van der Waals surface area contributed by atoms with Crippen molar-refractivity contribution in [2.45, 2.75) is 60.5 Å². The number of ether oxygens (including phenoxy) is 3. The molecule has 2 aromatic rings. The molecule has 2 rings (SSSR count). The Balaban J connectivity index is 1.93. The standard InChI is InChI=1S/C28H41N3O4S/c1-19-9-11-22(8-7-14-35-26(32)28(3,4)5)23(20(19)2)18-31-27(36)30-17-21-10-12-24(34-15-13-29)25(16-21)33-6/h9-12,16H,7-8,13-15,17-18,29H2,1-6H3,(H2,30,31,36). The Kier molecular flexibility index (Phi) is 11.5. The summed E-state index contributed by atoms with van der Waals surface area (Å²) in [6.07, 6.45) is 1.60. The molecule has 36 heavy (non-hydrogen) atoms. The molecule has 4 N–H and O–H groups in total. The van der Waals surface area contributed by atoms with Crippen LogP contribution in [0.5, 0.6) is 11.5 Å². The van der Waals surface area contributed by atoms with Crippen LogP contribution in [0.2, 0.25) is 0 Å². The summed E-state index contributed by atoms with van der Waals surface area (Å²) in [7, 11) is 1.62. The number of hydrogen-bond acceptors (Lipinski definition) is 6. The Morgan fingerprint density at radius 1 is 1.03 bits per heavy atom. The van der Waals surface area contributed by atoms with E-state index in [9.17, 15) is 4.79 Å². The molecule has 8 heteroatoms. The predicted molar refractivity (Wildman–Crippen MR) is 148 cm³/mol. The van der Waals surface area contributed by atoms with Gasteiger partial charge in [-0.25, -0.2) is 0 Å². The highest BCUT2D eigenvalue weighted by molar-refractivity contribution is 7.80. The molecule has 0 aliphatic rings. The molecule has 198 valence electrons. The predicted octanol–water partition coefficient (Wildman–Crippen LogP) is 4.34. The Morgan fingerprint density at radius 3 is 2.42 bits per heavy atom. The number of methoxy groups -OCH3 is 1. The molecule has 0 saturated carbocycles. The minimum absolute atomic E-state index is 0.170. The number of thiocarbonyl (C=S) groups is 1. The van der Waals surface area contributed by atoms with E-state index in [1.165, 1.54) is 22.3 Å². The van der Waals surface area contributed by atoms with Gasteiger partial charge in [0.25, 0.3) is 0 Å². The molecule has 0 saturated heterocycles. The van der Waals surface area contributed by atoms with E-state index in [1.54, 1.807) is 7.11 Å². The maximum absolute atomic E-state index is 12.0. The monoisotopic (exact) mass is 515 g/mol. The summed E-state index contributed by atoms with van der Waals surface area (Å²) in [6.45, 7) is 12.3. The smallest absolute Gasteiger partial charge is 0.311 e. The topological polar surface area (TPSA) is 94.8 Å². The molecule has 0 amide bonds. The number of aryl methyl sites for hydroxylation is 2. The Bertz CT molecular complexity index is 1030. The molecule has 0 aliphatic carbocycles. The first-order chi connectivity index (χ1) is 17.1. The van der Waals surface area contributed by atoms with Crippen LogP contribution >= 0.6 is 12.2 Å². The van der Waals surface area contributed by atoms with E-state index in [0.717, 1.165) is 18.4 Å². The van der Waals surface area contributed by atoms with Crippen molar-refractivity contribution >= 4 is 23.3 Å². The number of benzene rings is 2. The van der Waals surface area contributed by atoms with Crippen molar-refractivity contribution in [3.8, 4) is 11.5 Å². The highest BCUT2D eigenvalue weighted by atomic mass is 32.1. The summed E-state index contributed by atoms with van der Waals surface area (Å²) in [6, 6.07) is 10.1. The molecule has 0 fully saturated rings. The number of nitrogens with one attached hydrogen (secondary N) is 2. The zero-order valence-electron chi connectivity index (χ0n) is 22.5. The first kappa shape index (κ1) is 29.4.